The van der Waals surface area contributed by atoms with E-state index < -0.39 is 8.07 Å². The summed E-state index contributed by atoms with van der Waals surface area (Å²) in [5, 5.41) is 5.21. The summed E-state index contributed by atoms with van der Waals surface area (Å²) >= 11 is 0. The van der Waals surface area contributed by atoms with E-state index in [9.17, 15) is 0 Å². The lowest BCUT2D eigenvalue weighted by molar-refractivity contribution is -0.634. The molecule has 0 aliphatic carbocycles. The first kappa shape index (κ1) is 21.1. The van der Waals surface area contributed by atoms with Crippen molar-refractivity contribution < 1.29 is 9.30 Å². The number of nitrogens with zero attached hydrogens (tertiary/aromatic N) is 2. The molecule has 0 spiro atoms. The minimum Gasteiger partial charge on any atom is -0.433 e. The van der Waals surface area contributed by atoms with E-state index in [-0.39, 0.29) is 0 Å². The molecule has 0 bridgehead atoms. The van der Waals surface area contributed by atoms with Gasteiger partial charge in [0.25, 0.3) is 11.6 Å². The minimum atomic E-state index is -1.84. The van der Waals surface area contributed by atoms with Crippen LogP contribution in [0.4, 0.5) is 0 Å². The van der Waals surface area contributed by atoms with Gasteiger partial charge in [0, 0.05) is 11.5 Å². The summed E-state index contributed by atoms with van der Waals surface area (Å²) in [6.45, 7) is 11.3. The monoisotopic (exact) mass is 461 g/mol. The van der Waals surface area contributed by atoms with Crippen molar-refractivity contribution in [2.75, 3.05) is 0 Å². The van der Waals surface area contributed by atoms with Crippen molar-refractivity contribution in [3.05, 3.63) is 83.4 Å². The number of rotatable bonds is 2. The number of hydrogen-bond donors (Lipinski definition) is 0. The highest BCUT2D eigenvalue weighted by atomic mass is 28.3. The maximum atomic E-state index is 6.50. The van der Waals surface area contributed by atoms with Gasteiger partial charge in [-0.15, -0.1) is 0 Å². The van der Waals surface area contributed by atoms with Crippen LogP contribution in [0.3, 0.4) is 0 Å². The highest BCUT2D eigenvalue weighted by Gasteiger charge is 2.34. The molecular formula is C30H29N2OSi+. The fourth-order valence-corrected chi connectivity index (χ4v) is 7.80. The Bertz CT molecular complexity index is 1640. The lowest BCUT2D eigenvalue weighted by Gasteiger charge is -2.24. The summed E-state index contributed by atoms with van der Waals surface area (Å²) in [5.74, 6) is 1.60. The highest BCUT2D eigenvalue weighted by Crippen LogP contribution is 2.47. The van der Waals surface area contributed by atoms with E-state index in [4.69, 9.17) is 9.72 Å². The van der Waals surface area contributed by atoms with Crippen LogP contribution in [-0.4, -0.2) is 13.1 Å². The quantitative estimate of drug-likeness (QED) is 0.243. The number of aromatic nitrogens is 2. The third-order valence-electron chi connectivity index (χ3n) is 7.62. The van der Waals surface area contributed by atoms with Gasteiger partial charge in [-0.2, -0.15) is 4.57 Å². The van der Waals surface area contributed by atoms with Gasteiger partial charge < -0.3 is 4.74 Å². The van der Waals surface area contributed by atoms with Crippen LogP contribution in [0.2, 0.25) is 13.1 Å². The van der Waals surface area contributed by atoms with Gasteiger partial charge in [-0.25, -0.2) is 4.98 Å². The molecule has 0 saturated carbocycles. The van der Waals surface area contributed by atoms with Crippen molar-refractivity contribution in [1.82, 2.24) is 4.98 Å². The maximum absolute atomic E-state index is 6.50. The molecule has 4 aromatic carbocycles. The first-order valence-corrected chi connectivity index (χ1v) is 14.9. The summed E-state index contributed by atoms with van der Waals surface area (Å²) < 4.78 is 8.77. The van der Waals surface area contributed by atoms with Crippen molar-refractivity contribution in [3.8, 4) is 22.9 Å². The van der Waals surface area contributed by atoms with Crippen LogP contribution < -0.4 is 19.7 Å². The van der Waals surface area contributed by atoms with Gasteiger partial charge in [-0.3, -0.25) is 0 Å². The zero-order valence-corrected chi connectivity index (χ0v) is 21.7. The molecule has 0 saturated heterocycles. The molecule has 1 aliphatic rings. The van der Waals surface area contributed by atoms with Crippen LogP contribution in [-0.2, 0) is 7.05 Å². The van der Waals surface area contributed by atoms with Crippen LogP contribution in [0.1, 0.15) is 16.7 Å². The normalized spacial score (nSPS) is 12.6. The summed E-state index contributed by atoms with van der Waals surface area (Å²) in [5.41, 5.74) is 8.17. The van der Waals surface area contributed by atoms with Crippen LogP contribution in [0.15, 0.2) is 66.7 Å². The first-order valence-electron chi connectivity index (χ1n) is 11.9. The Kier molecular flexibility index (Phi) is 4.49. The number of fused-ring (bicyclic) bond motifs is 3. The molecule has 4 heteroatoms. The molecule has 2 heterocycles. The van der Waals surface area contributed by atoms with Crippen LogP contribution >= 0.6 is 0 Å². The highest BCUT2D eigenvalue weighted by molar-refractivity contribution is 7.00. The predicted octanol–water partition coefficient (Wildman–Crippen LogP) is 5.73. The van der Waals surface area contributed by atoms with E-state index in [1.54, 1.807) is 0 Å². The first-order chi connectivity index (χ1) is 16.3. The number of benzene rings is 4. The fourth-order valence-electron chi connectivity index (χ4n) is 5.45. The molecule has 0 radical (unpaired) electrons. The topological polar surface area (TPSA) is 26.0 Å². The van der Waals surface area contributed by atoms with E-state index in [2.05, 4.69) is 112 Å². The second-order valence-electron chi connectivity index (χ2n) is 10.2. The lowest BCUT2D eigenvalue weighted by atomic mass is 9.90. The van der Waals surface area contributed by atoms with Gasteiger partial charge in [0.15, 0.2) is 0 Å². The molecule has 0 atom stereocenters. The van der Waals surface area contributed by atoms with E-state index >= 15 is 0 Å². The van der Waals surface area contributed by atoms with Gasteiger partial charge in [0.1, 0.15) is 26.4 Å². The van der Waals surface area contributed by atoms with Crippen molar-refractivity contribution in [2.45, 2.75) is 33.9 Å². The zero-order chi connectivity index (χ0) is 23.8. The average molecular weight is 462 g/mol. The summed E-state index contributed by atoms with van der Waals surface area (Å²) in [6, 6.07) is 24.4. The summed E-state index contributed by atoms with van der Waals surface area (Å²) in [4.78, 5) is 5.11. The Morgan fingerprint density at radius 2 is 1.62 bits per heavy atom. The molecule has 5 aromatic rings. The molecule has 0 amide bonds. The number of hydrogen-bond acceptors (Lipinski definition) is 2. The van der Waals surface area contributed by atoms with E-state index in [0.29, 0.717) is 5.88 Å². The average Bonchev–Trinajstić information content (AvgIpc) is 2.81. The second kappa shape index (κ2) is 7.25. The molecular weight excluding hydrogens is 432 g/mol. The molecule has 34 heavy (non-hydrogen) atoms. The number of aryl methyl sites for hydroxylation is 3. The van der Waals surface area contributed by atoms with E-state index in [1.807, 2.05) is 0 Å². The maximum Gasteiger partial charge on any atom is 0.294 e. The minimum absolute atomic E-state index is 0.694. The standard InChI is InChI=1S/C30H29N2OSi/c1-18-14-21-16-19(2)20(3)27-28(21)26(15-18)33-30-29(27)32(4)25-13-12-23(17-24(25)31-30)34(5,6)22-10-8-7-9-11-22/h7-17H,1-6H3/q+1. The Hall–Kier alpha value is -3.50. The van der Waals surface area contributed by atoms with Gasteiger partial charge in [-0.1, -0.05) is 72.0 Å². The van der Waals surface area contributed by atoms with Gasteiger partial charge >= 0.3 is 0 Å². The van der Waals surface area contributed by atoms with Crippen molar-refractivity contribution in [3.63, 3.8) is 0 Å². The fraction of sp³-hybridized carbons (Fsp3) is 0.200. The largest absolute Gasteiger partial charge is 0.433 e. The zero-order valence-electron chi connectivity index (χ0n) is 20.7. The predicted molar refractivity (Wildman–Crippen MR) is 143 cm³/mol. The Balaban J connectivity index is 1.62. The third kappa shape index (κ3) is 2.95. The smallest absolute Gasteiger partial charge is 0.294 e. The summed E-state index contributed by atoms with van der Waals surface area (Å²) in [7, 11) is 0.301. The van der Waals surface area contributed by atoms with Crippen molar-refractivity contribution >= 4 is 40.3 Å². The molecule has 0 unspecified atom stereocenters. The Labute approximate surface area is 201 Å². The lowest BCUT2D eigenvalue weighted by Crippen LogP contribution is -2.52. The molecule has 0 N–H and O–H groups in total. The molecule has 3 nitrogen and oxygen atoms in total. The molecule has 6 rings (SSSR count). The third-order valence-corrected chi connectivity index (χ3v) is 11.2. The van der Waals surface area contributed by atoms with E-state index in [1.165, 1.54) is 43.4 Å². The molecule has 0 fully saturated rings. The van der Waals surface area contributed by atoms with Gasteiger partial charge in [-0.05, 0) is 55.0 Å². The molecule has 1 aromatic heterocycles. The van der Waals surface area contributed by atoms with E-state index in [0.717, 1.165) is 22.5 Å². The SMILES string of the molecule is Cc1cc2c3c(c(C)c(C)cc3c1)-c1c(nc3cc([Si](C)(C)c4ccccc4)ccc3[n+]1C)O2. The van der Waals surface area contributed by atoms with Crippen molar-refractivity contribution in [2.24, 2.45) is 7.05 Å². The van der Waals surface area contributed by atoms with Crippen LogP contribution in [0.25, 0.3) is 33.1 Å². The van der Waals surface area contributed by atoms with Gasteiger partial charge in [0.05, 0.1) is 5.56 Å². The molecule has 168 valence electrons. The van der Waals surface area contributed by atoms with Crippen LogP contribution in [0, 0.1) is 20.8 Å². The van der Waals surface area contributed by atoms with Crippen molar-refractivity contribution in [1.29, 1.82) is 0 Å². The van der Waals surface area contributed by atoms with Gasteiger partial charge in [0.2, 0.25) is 5.52 Å². The summed E-state index contributed by atoms with van der Waals surface area (Å²) in [6.07, 6.45) is 0. The second-order valence-corrected chi connectivity index (χ2v) is 14.6. The Morgan fingerprint density at radius 3 is 2.38 bits per heavy atom. The Morgan fingerprint density at radius 1 is 0.853 bits per heavy atom. The number of ether oxygens (including phenoxy) is 1. The molecule has 1 aliphatic heterocycles. The van der Waals surface area contributed by atoms with Crippen LogP contribution in [0.5, 0.6) is 11.6 Å².